The molecule has 0 bridgehead atoms. The van der Waals surface area contributed by atoms with E-state index in [1.54, 1.807) is 17.5 Å². The molecule has 2 heterocycles. The van der Waals surface area contributed by atoms with E-state index in [4.69, 9.17) is 5.73 Å². The van der Waals surface area contributed by atoms with Crippen molar-refractivity contribution in [1.29, 1.82) is 0 Å². The van der Waals surface area contributed by atoms with Crippen LogP contribution in [0.3, 0.4) is 0 Å². The van der Waals surface area contributed by atoms with Gasteiger partial charge in [0.15, 0.2) is 4.34 Å². The van der Waals surface area contributed by atoms with Crippen molar-refractivity contribution in [2.24, 2.45) is 0 Å². The second-order valence-electron chi connectivity index (χ2n) is 3.33. The maximum atomic E-state index is 5.58. The third-order valence-corrected chi connectivity index (χ3v) is 4.10. The first-order chi connectivity index (χ1) is 8.31. The van der Waals surface area contributed by atoms with Crippen LogP contribution < -0.4 is 5.73 Å². The Morgan fingerprint density at radius 3 is 2.82 bits per heavy atom. The van der Waals surface area contributed by atoms with Crippen molar-refractivity contribution >= 4 is 39.1 Å². The molecule has 0 amide bonds. The molecule has 3 aromatic rings. The fraction of sp³-hybridized carbons (Fsp3) is 0. The molecule has 84 valence electrons. The number of nitrogens with two attached hydrogens (primary N) is 1. The number of hydrogen-bond acceptors (Lipinski definition) is 6. The van der Waals surface area contributed by atoms with E-state index in [1.807, 2.05) is 18.2 Å². The zero-order valence-electron chi connectivity index (χ0n) is 8.70. The van der Waals surface area contributed by atoms with Crippen molar-refractivity contribution in [3.05, 3.63) is 36.7 Å². The lowest BCUT2D eigenvalue weighted by Crippen LogP contribution is -1.91. The number of nitrogen functional groups attached to an aromatic ring is 1. The Morgan fingerprint density at radius 2 is 2.00 bits per heavy atom. The smallest absolute Gasteiger partial charge is 0.157 e. The van der Waals surface area contributed by atoms with Crippen molar-refractivity contribution in [3.63, 3.8) is 0 Å². The van der Waals surface area contributed by atoms with Crippen LogP contribution in [0.25, 0.3) is 10.2 Å². The van der Waals surface area contributed by atoms with Gasteiger partial charge in [0.25, 0.3) is 0 Å². The van der Waals surface area contributed by atoms with Crippen molar-refractivity contribution in [2.75, 3.05) is 5.73 Å². The summed E-state index contributed by atoms with van der Waals surface area (Å²) in [6.45, 7) is 0. The van der Waals surface area contributed by atoms with E-state index in [0.29, 0.717) is 5.82 Å². The summed E-state index contributed by atoms with van der Waals surface area (Å²) in [5.74, 6) is 0.427. The van der Waals surface area contributed by atoms with E-state index in [-0.39, 0.29) is 0 Å². The van der Waals surface area contributed by atoms with E-state index in [0.717, 1.165) is 14.9 Å². The zero-order chi connectivity index (χ0) is 11.7. The molecule has 0 aliphatic heterocycles. The van der Waals surface area contributed by atoms with Crippen LogP contribution in [0.4, 0.5) is 5.82 Å². The lowest BCUT2D eigenvalue weighted by molar-refractivity contribution is 1.06. The molecule has 0 aliphatic rings. The largest absolute Gasteiger partial charge is 0.382 e. The number of nitrogens with zero attached hydrogens (tertiary/aromatic N) is 3. The molecule has 1 aromatic carbocycles. The van der Waals surface area contributed by atoms with Crippen molar-refractivity contribution in [1.82, 2.24) is 15.0 Å². The zero-order valence-corrected chi connectivity index (χ0v) is 10.3. The van der Waals surface area contributed by atoms with Crippen LogP contribution in [-0.4, -0.2) is 15.0 Å². The summed E-state index contributed by atoms with van der Waals surface area (Å²) in [5, 5.41) is 0.768. The van der Waals surface area contributed by atoms with Gasteiger partial charge in [0.1, 0.15) is 10.8 Å². The first kappa shape index (κ1) is 10.5. The molecule has 0 aliphatic carbocycles. The van der Waals surface area contributed by atoms with E-state index in [2.05, 4.69) is 21.0 Å². The summed E-state index contributed by atoms with van der Waals surface area (Å²) in [5.41, 5.74) is 6.59. The second kappa shape index (κ2) is 4.31. The van der Waals surface area contributed by atoms with Crippen LogP contribution in [0.5, 0.6) is 0 Å². The molecular weight excluding hydrogens is 252 g/mol. The third-order valence-electron chi connectivity index (χ3n) is 2.10. The van der Waals surface area contributed by atoms with E-state index in [1.165, 1.54) is 22.7 Å². The number of benzene rings is 1. The maximum Gasteiger partial charge on any atom is 0.157 e. The Morgan fingerprint density at radius 1 is 1.12 bits per heavy atom. The van der Waals surface area contributed by atoms with E-state index >= 15 is 0 Å². The monoisotopic (exact) mass is 260 g/mol. The molecule has 0 fully saturated rings. The average molecular weight is 260 g/mol. The Bertz CT molecular complexity index is 632. The lowest BCUT2D eigenvalue weighted by Gasteiger charge is -1.96. The van der Waals surface area contributed by atoms with Gasteiger partial charge >= 0.3 is 0 Å². The van der Waals surface area contributed by atoms with Gasteiger partial charge in [0, 0.05) is 0 Å². The highest BCUT2D eigenvalue weighted by atomic mass is 32.2. The van der Waals surface area contributed by atoms with E-state index in [9.17, 15) is 0 Å². The van der Waals surface area contributed by atoms with Crippen molar-refractivity contribution in [2.45, 2.75) is 9.37 Å². The molecule has 3 rings (SSSR count). The summed E-state index contributed by atoms with van der Waals surface area (Å²) in [7, 11) is 0. The summed E-state index contributed by atoms with van der Waals surface area (Å²) in [6.07, 6.45) is 3.22. The van der Waals surface area contributed by atoms with Crippen LogP contribution in [0.15, 0.2) is 46.0 Å². The summed E-state index contributed by atoms with van der Waals surface area (Å²) >= 11 is 3.12. The first-order valence-electron chi connectivity index (χ1n) is 4.92. The topological polar surface area (TPSA) is 64.7 Å². The molecule has 0 spiro atoms. The highest BCUT2D eigenvalue weighted by Gasteiger charge is 2.06. The van der Waals surface area contributed by atoms with Gasteiger partial charge in [0.2, 0.25) is 0 Å². The van der Waals surface area contributed by atoms with E-state index < -0.39 is 0 Å². The van der Waals surface area contributed by atoms with Gasteiger partial charge in [-0.25, -0.2) is 9.97 Å². The molecule has 0 atom stereocenters. The van der Waals surface area contributed by atoms with Crippen LogP contribution in [0, 0.1) is 0 Å². The second-order valence-corrected chi connectivity index (χ2v) is 5.63. The molecule has 2 N–H and O–H groups in total. The normalized spacial score (nSPS) is 10.8. The highest BCUT2D eigenvalue weighted by Crippen LogP contribution is 2.33. The van der Waals surface area contributed by atoms with Crippen LogP contribution in [-0.2, 0) is 0 Å². The number of aromatic nitrogens is 3. The maximum absolute atomic E-state index is 5.58. The number of thiazole rings is 1. The first-order valence-corrected chi connectivity index (χ1v) is 6.55. The predicted molar refractivity (Wildman–Crippen MR) is 70.2 cm³/mol. The van der Waals surface area contributed by atoms with Gasteiger partial charge in [-0.05, 0) is 23.9 Å². The quantitative estimate of drug-likeness (QED) is 0.767. The molecule has 4 nitrogen and oxygen atoms in total. The van der Waals surface area contributed by atoms with Crippen LogP contribution in [0.2, 0.25) is 0 Å². The standard InChI is InChI=1S/C11H8N4S2/c12-9-5-13-6-10(15-9)17-11-14-7-3-1-2-4-8(7)16-11/h1-6H,(H2,12,15). The van der Waals surface area contributed by atoms with Gasteiger partial charge in [-0.15, -0.1) is 11.3 Å². The average Bonchev–Trinajstić information content (AvgIpc) is 2.71. The SMILES string of the molecule is Nc1cncc(Sc2nc3ccccc3s2)n1. The molecule has 17 heavy (non-hydrogen) atoms. The number of anilines is 1. The number of fused-ring (bicyclic) bond motifs is 1. The number of para-hydroxylation sites is 1. The van der Waals surface area contributed by atoms with Crippen molar-refractivity contribution in [3.8, 4) is 0 Å². The fourth-order valence-corrected chi connectivity index (χ4v) is 3.37. The summed E-state index contributed by atoms with van der Waals surface area (Å²) in [4.78, 5) is 12.7. The van der Waals surface area contributed by atoms with Crippen LogP contribution in [0.1, 0.15) is 0 Å². The van der Waals surface area contributed by atoms with Gasteiger partial charge in [-0.1, -0.05) is 12.1 Å². The fourth-order valence-electron chi connectivity index (χ4n) is 1.40. The van der Waals surface area contributed by atoms with Crippen molar-refractivity contribution < 1.29 is 0 Å². The molecular formula is C11H8N4S2. The molecule has 0 radical (unpaired) electrons. The van der Waals surface area contributed by atoms with Gasteiger partial charge in [0.05, 0.1) is 22.6 Å². The molecule has 0 saturated heterocycles. The Kier molecular flexibility index (Phi) is 2.66. The summed E-state index contributed by atoms with van der Waals surface area (Å²) in [6, 6.07) is 8.05. The van der Waals surface area contributed by atoms with Gasteiger partial charge in [-0.3, -0.25) is 4.98 Å². The minimum atomic E-state index is 0.427. The predicted octanol–water partition coefficient (Wildman–Crippen LogP) is 2.82. The minimum absolute atomic E-state index is 0.427. The van der Waals surface area contributed by atoms with Gasteiger partial charge < -0.3 is 5.73 Å². The highest BCUT2D eigenvalue weighted by molar-refractivity contribution is 8.01. The minimum Gasteiger partial charge on any atom is -0.382 e. The molecule has 6 heteroatoms. The number of hydrogen-bond donors (Lipinski definition) is 1. The Hall–Kier alpha value is -1.66. The summed E-state index contributed by atoms with van der Waals surface area (Å²) < 4.78 is 2.12. The lowest BCUT2D eigenvalue weighted by atomic mass is 10.3. The molecule has 0 saturated carbocycles. The molecule has 0 unspecified atom stereocenters. The van der Waals surface area contributed by atoms with Gasteiger partial charge in [-0.2, -0.15) is 0 Å². The third kappa shape index (κ3) is 2.22. The van der Waals surface area contributed by atoms with Crippen LogP contribution >= 0.6 is 23.1 Å². The number of rotatable bonds is 2. The Labute approximate surface area is 106 Å². The molecule has 2 aromatic heterocycles. The Balaban J connectivity index is 1.94.